The molecule has 2 aliphatic rings. The Hall–Kier alpha value is -1.38. The topological polar surface area (TPSA) is 121 Å². The number of carbonyl (C=O) groups excluding carboxylic acids is 1. The van der Waals surface area contributed by atoms with Gasteiger partial charge in [-0.3, -0.25) is 0 Å². The molecule has 0 saturated carbocycles. The van der Waals surface area contributed by atoms with Crippen molar-refractivity contribution in [2.75, 3.05) is 64.6 Å². The Bertz CT molecular complexity index is 747. The molecule has 3 N–H and O–H groups in total. The number of hydrogen-bond acceptors (Lipinski definition) is 7. The first-order valence-electron chi connectivity index (χ1n) is 9.89. The molecule has 170 valence electrons. The van der Waals surface area contributed by atoms with Crippen molar-refractivity contribution in [1.82, 2.24) is 8.59 Å². The van der Waals surface area contributed by atoms with Crippen molar-refractivity contribution in [2.24, 2.45) is 0 Å². The van der Waals surface area contributed by atoms with Crippen LogP contribution in [0.25, 0.3) is 0 Å². The monoisotopic (exact) mass is 539 g/mol. The molecule has 10 nitrogen and oxygen atoms in total. The molecule has 1 unspecified atom stereocenters. The molecule has 2 saturated heterocycles. The molecule has 2 heterocycles. The SMILES string of the molecule is COCCOc1ccc(N2CCN(I(=O)(O)C3(C(=O)NO)CCOCC3)CC2)cc1. The van der Waals surface area contributed by atoms with Crippen molar-refractivity contribution in [2.45, 2.75) is 16.3 Å². The Morgan fingerprint density at radius 3 is 2.37 bits per heavy atom. The van der Waals surface area contributed by atoms with Gasteiger partial charge in [0.2, 0.25) is 0 Å². The van der Waals surface area contributed by atoms with Crippen molar-refractivity contribution in [1.29, 1.82) is 0 Å². The number of hydroxylamine groups is 1. The number of ether oxygens (including phenoxy) is 3. The van der Waals surface area contributed by atoms with E-state index in [0.29, 0.717) is 39.4 Å². The molecule has 11 heteroatoms. The van der Waals surface area contributed by atoms with Gasteiger partial charge in [0.15, 0.2) is 0 Å². The number of halogens is 1. The van der Waals surface area contributed by atoms with Crippen molar-refractivity contribution < 1.29 is 30.7 Å². The zero-order chi connectivity index (χ0) is 21.6. The van der Waals surface area contributed by atoms with E-state index in [0.717, 1.165) is 11.4 Å². The molecular formula is C19H30IN3O7. The number of carbonyl (C=O) groups is 1. The number of hydrogen-bond donors (Lipinski definition) is 3. The molecule has 2 aliphatic heterocycles. The van der Waals surface area contributed by atoms with E-state index in [4.69, 9.17) is 14.2 Å². The summed E-state index contributed by atoms with van der Waals surface area (Å²) >= 11 is -4.95. The Balaban J connectivity index is 1.64. The number of piperazine rings is 1. The minimum atomic E-state index is -4.95. The van der Waals surface area contributed by atoms with Crippen molar-refractivity contribution in [3.63, 3.8) is 0 Å². The van der Waals surface area contributed by atoms with Crippen LogP contribution in [0.4, 0.5) is 5.69 Å². The fourth-order valence-corrected chi connectivity index (χ4v) is 9.42. The molecule has 2 fully saturated rings. The average molecular weight is 539 g/mol. The van der Waals surface area contributed by atoms with E-state index in [-0.39, 0.29) is 26.1 Å². The second-order valence-electron chi connectivity index (χ2n) is 7.21. The summed E-state index contributed by atoms with van der Waals surface area (Å²) in [6.45, 7) is 3.30. The van der Waals surface area contributed by atoms with Crippen LogP contribution in [0, 0.1) is 0 Å². The summed E-state index contributed by atoms with van der Waals surface area (Å²) in [5.41, 5.74) is 2.62. The number of alkyl halides is 1. The zero-order valence-corrected chi connectivity index (χ0v) is 19.2. The van der Waals surface area contributed by atoms with Crippen LogP contribution in [0.15, 0.2) is 24.3 Å². The van der Waals surface area contributed by atoms with Crippen molar-refractivity contribution in [3.05, 3.63) is 24.3 Å². The number of amides is 1. The summed E-state index contributed by atoms with van der Waals surface area (Å²) in [4.78, 5) is 14.5. The van der Waals surface area contributed by atoms with Crippen molar-refractivity contribution >= 4 is 30.7 Å². The third-order valence-electron chi connectivity index (χ3n) is 5.57. The van der Waals surface area contributed by atoms with E-state index in [1.807, 2.05) is 24.3 Å². The summed E-state index contributed by atoms with van der Waals surface area (Å²) in [6.07, 6.45) is 0.252. The Labute approximate surface area is 180 Å². The molecule has 0 aliphatic carbocycles. The van der Waals surface area contributed by atoms with E-state index in [9.17, 15) is 16.5 Å². The summed E-state index contributed by atoms with van der Waals surface area (Å²) in [6, 6.07) is 7.70. The van der Waals surface area contributed by atoms with E-state index >= 15 is 0 Å². The number of anilines is 1. The van der Waals surface area contributed by atoms with Gasteiger partial charge in [0, 0.05) is 7.11 Å². The van der Waals surface area contributed by atoms with Gasteiger partial charge < -0.3 is 0 Å². The Morgan fingerprint density at radius 2 is 1.80 bits per heavy atom. The van der Waals surface area contributed by atoms with Gasteiger partial charge in [-0.2, -0.15) is 0 Å². The van der Waals surface area contributed by atoms with Gasteiger partial charge in [-0.1, -0.05) is 0 Å². The second kappa shape index (κ2) is 10.3. The van der Waals surface area contributed by atoms with Crippen LogP contribution in [0.1, 0.15) is 12.8 Å². The van der Waals surface area contributed by atoms with Crippen LogP contribution in [-0.2, 0) is 17.3 Å². The van der Waals surface area contributed by atoms with E-state index in [2.05, 4.69) is 4.90 Å². The maximum absolute atomic E-state index is 13.5. The Kier molecular flexibility index (Phi) is 7.98. The molecule has 3 rings (SSSR count). The van der Waals surface area contributed by atoms with Crippen LogP contribution < -0.4 is 15.1 Å². The van der Waals surface area contributed by atoms with Gasteiger partial charge >= 0.3 is 174 Å². The molecule has 0 radical (unpaired) electrons. The predicted octanol–water partition coefficient (Wildman–Crippen LogP) is 1.10. The van der Waals surface area contributed by atoms with E-state index < -0.39 is 28.4 Å². The molecule has 1 atom stereocenters. The van der Waals surface area contributed by atoms with Crippen LogP contribution in [-0.4, -0.2) is 80.8 Å². The molecule has 0 bridgehead atoms. The number of rotatable bonds is 8. The number of methoxy groups -OCH3 is 1. The molecule has 30 heavy (non-hydrogen) atoms. The van der Waals surface area contributed by atoms with E-state index in [1.165, 1.54) is 0 Å². The summed E-state index contributed by atoms with van der Waals surface area (Å²) in [7, 11) is 1.62. The predicted molar refractivity (Wildman–Crippen MR) is 117 cm³/mol. The van der Waals surface area contributed by atoms with Crippen LogP contribution in [0.2, 0.25) is 0 Å². The first kappa shape index (κ1) is 23.3. The quantitative estimate of drug-likeness (QED) is 0.111. The summed E-state index contributed by atoms with van der Waals surface area (Å²) in [5, 5.41) is 9.19. The van der Waals surface area contributed by atoms with Gasteiger partial charge in [-0.05, 0) is 0 Å². The fourth-order valence-electron chi connectivity index (χ4n) is 3.77. The Morgan fingerprint density at radius 1 is 1.17 bits per heavy atom. The average Bonchev–Trinajstić information content (AvgIpc) is 2.79. The molecule has 0 spiro atoms. The van der Waals surface area contributed by atoms with Crippen LogP contribution in [0.3, 0.4) is 0 Å². The van der Waals surface area contributed by atoms with Crippen LogP contribution >= 0.6 is 19.1 Å². The third kappa shape index (κ3) is 4.75. The van der Waals surface area contributed by atoms with Crippen molar-refractivity contribution in [3.8, 4) is 5.75 Å². The van der Waals surface area contributed by atoms with E-state index in [1.54, 1.807) is 15.7 Å². The third-order valence-corrected chi connectivity index (χ3v) is 12.6. The molecule has 1 amide bonds. The number of nitrogens with one attached hydrogen (secondary N) is 1. The van der Waals surface area contributed by atoms with Crippen LogP contribution in [0.5, 0.6) is 5.75 Å². The van der Waals surface area contributed by atoms with Gasteiger partial charge in [-0.25, -0.2) is 0 Å². The van der Waals surface area contributed by atoms with Gasteiger partial charge in [-0.15, -0.1) is 0 Å². The normalized spacial score (nSPS) is 22.7. The molecular weight excluding hydrogens is 509 g/mol. The van der Waals surface area contributed by atoms with Gasteiger partial charge in [0.25, 0.3) is 0 Å². The summed E-state index contributed by atoms with van der Waals surface area (Å²) < 4.78 is 40.5. The first-order valence-corrected chi connectivity index (χ1v) is 13.8. The number of benzene rings is 1. The summed E-state index contributed by atoms with van der Waals surface area (Å²) in [5.74, 6) is -0.0272. The standard InChI is InChI=1S/C19H30IN3O7/c1-28-14-15-30-17-4-2-16(3-5-17)22-8-10-23(11-9-22)20(25,26)19(18(24)21-27)6-12-29-13-7-19/h2-5,27H,6-15H2,1H3,(H,21,24)(H,25,26). The molecule has 1 aromatic carbocycles. The zero-order valence-electron chi connectivity index (χ0n) is 17.1. The van der Waals surface area contributed by atoms with Gasteiger partial charge in [0.1, 0.15) is 0 Å². The molecule has 1 aromatic rings. The molecule has 0 aromatic heterocycles. The fraction of sp³-hybridized carbons (Fsp3) is 0.632. The van der Waals surface area contributed by atoms with Gasteiger partial charge in [0.05, 0.1) is 0 Å². The maximum atomic E-state index is 13.5. The minimum absolute atomic E-state index is 0.126. The second-order valence-corrected chi connectivity index (χ2v) is 13.3. The number of nitrogens with zero attached hydrogens (tertiary/aromatic N) is 2. The first-order chi connectivity index (χ1) is 14.4.